The van der Waals surface area contributed by atoms with Crippen LogP contribution in [0.4, 0.5) is 0 Å². The maximum atomic E-state index is 5.32. The number of rotatable bonds is 3. The Morgan fingerprint density at radius 3 is 1.38 bits per heavy atom. The molecule has 0 rings (SSSR count). The summed E-state index contributed by atoms with van der Waals surface area (Å²) in [4.78, 5) is 8.87. The minimum absolute atomic E-state index is 0.448. The standard InChI is InChI=1S/C4H8Cl2O2/c1-3(5)7-8-4(2)6/h3-4H,1-2H3. The SMILES string of the molecule is CC(Cl)OOC(C)Cl. The van der Waals surface area contributed by atoms with E-state index >= 15 is 0 Å². The molecular formula is C4H8Cl2O2. The van der Waals surface area contributed by atoms with Crippen LogP contribution in [0, 0.1) is 0 Å². The summed E-state index contributed by atoms with van der Waals surface area (Å²) in [5, 5.41) is 0. The lowest BCUT2D eigenvalue weighted by atomic mass is 10.9. The van der Waals surface area contributed by atoms with E-state index in [2.05, 4.69) is 9.78 Å². The third-order valence-electron chi connectivity index (χ3n) is 0.321. The van der Waals surface area contributed by atoms with Gasteiger partial charge in [0.2, 0.25) is 0 Å². The summed E-state index contributed by atoms with van der Waals surface area (Å²) >= 11 is 10.6. The summed E-state index contributed by atoms with van der Waals surface area (Å²) < 4.78 is 0. The van der Waals surface area contributed by atoms with Crippen LogP contribution in [0.25, 0.3) is 0 Å². The van der Waals surface area contributed by atoms with Crippen LogP contribution in [0.1, 0.15) is 13.8 Å². The largest absolute Gasteiger partial charge is 0.216 e. The lowest BCUT2D eigenvalue weighted by Gasteiger charge is -2.05. The van der Waals surface area contributed by atoms with Gasteiger partial charge in [0.25, 0.3) is 0 Å². The van der Waals surface area contributed by atoms with Gasteiger partial charge in [0, 0.05) is 0 Å². The zero-order chi connectivity index (χ0) is 6.57. The first-order valence-corrected chi connectivity index (χ1v) is 3.10. The van der Waals surface area contributed by atoms with Crippen LogP contribution < -0.4 is 0 Å². The first kappa shape index (κ1) is 8.50. The molecule has 0 aliphatic carbocycles. The minimum Gasteiger partial charge on any atom is -0.216 e. The van der Waals surface area contributed by atoms with Crippen molar-refractivity contribution in [2.75, 3.05) is 0 Å². The van der Waals surface area contributed by atoms with E-state index in [1.165, 1.54) is 0 Å². The van der Waals surface area contributed by atoms with Crippen molar-refractivity contribution in [3.8, 4) is 0 Å². The molecule has 0 spiro atoms. The van der Waals surface area contributed by atoms with Crippen LogP contribution in [0.5, 0.6) is 0 Å². The molecule has 0 saturated heterocycles. The van der Waals surface area contributed by atoms with E-state index in [1.807, 2.05) is 0 Å². The molecule has 0 aliphatic heterocycles. The molecule has 0 aromatic carbocycles. The van der Waals surface area contributed by atoms with Gasteiger partial charge >= 0.3 is 0 Å². The van der Waals surface area contributed by atoms with Crippen LogP contribution in [-0.4, -0.2) is 11.1 Å². The fourth-order valence-corrected chi connectivity index (χ4v) is 0.237. The van der Waals surface area contributed by atoms with Gasteiger partial charge in [-0.3, -0.25) is 0 Å². The Morgan fingerprint density at radius 2 is 1.25 bits per heavy atom. The predicted octanol–water partition coefficient (Wildman–Crippen LogP) is 2.10. The lowest BCUT2D eigenvalue weighted by molar-refractivity contribution is -0.310. The molecule has 4 heteroatoms. The van der Waals surface area contributed by atoms with E-state index in [9.17, 15) is 0 Å². The highest BCUT2D eigenvalue weighted by atomic mass is 35.5. The maximum absolute atomic E-state index is 5.32. The molecule has 2 atom stereocenters. The van der Waals surface area contributed by atoms with Crippen molar-refractivity contribution in [3.05, 3.63) is 0 Å². The van der Waals surface area contributed by atoms with Crippen molar-refractivity contribution in [1.29, 1.82) is 0 Å². The summed E-state index contributed by atoms with van der Waals surface area (Å²) in [6.45, 7) is 3.28. The Balaban J connectivity index is 2.93. The third kappa shape index (κ3) is 6.50. The summed E-state index contributed by atoms with van der Waals surface area (Å²) in [7, 11) is 0. The van der Waals surface area contributed by atoms with Crippen LogP contribution in [0.2, 0.25) is 0 Å². The molecule has 0 N–H and O–H groups in total. The number of halogens is 2. The van der Waals surface area contributed by atoms with E-state index in [-0.39, 0.29) is 0 Å². The molecule has 50 valence electrons. The monoisotopic (exact) mass is 158 g/mol. The summed E-state index contributed by atoms with van der Waals surface area (Å²) in [5.74, 6) is 0. The summed E-state index contributed by atoms with van der Waals surface area (Å²) in [5.41, 5.74) is -0.896. The molecule has 8 heavy (non-hydrogen) atoms. The van der Waals surface area contributed by atoms with Crippen LogP contribution in [0.3, 0.4) is 0 Å². The van der Waals surface area contributed by atoms with Gasteiger partial charge in [-0.05, 0) is 13.8 Å². The van der Waals surface area contributed by atoms with E-state index in [0.717, 1.165) is 0 Å². The molecule has 0 amide bonds. The van der Waals surface area contributed by atoms with E-state index in [0.29, 0.717) is 0 Å². The van der Waals surface area contributed by atoms with Crippen LogP contribution in [0.15, 0.2) is 0 Å². The van der Waals surface area contributed by atoms with Gasteiger partial charge < -0.3 is 0 Å². The molecular weight excluding hydrogens is 151 g/mol. The van der Waals surface area contributed by atoms with E-state index in [1.54, 1.807) is 13.8 Å². The smallest absolute Gasteiger partial charge is 0.163 e. The number of alkyl halides is 2. The summed E-state index contributed by atoms with van der Waals surface area (Å²) in [6.07, 6.45) is 0. The minimum atomic E-state index is -0.448. The third-order valence-corrected chi connectivity index (χ3v) is 0.466. The molecule has 2 nitrogen and oxygen atoms in total. The Labute approximate surface area is 58.6 Å². The molecule has 0 aromatic heterocycles. The second-order valence-corrected chi connectivity index (χ2v) is 2.51. The van der Waals surface area contributed by atoms with Gasteiger partial charge in [-0.25, -0.2) is 9.78 Å². The summed E-state index contributed by atoms with van der Waals surface area (Å²) in [6, 6.07) is 0. The highest BCUT2D eigenvalue weighted by molar-refractivity contribution is 6.19. The van der Waals surface area contributed by atoms with Gasteiger partial charge in [-0.15, -0.1) is 0 Å². The zero-order valence-electron chi connectivity index (χ0n) is 4.73. The van der Waals surface area contributed by atoms with Crippen LogP contribution >= 0.6 is 23.2 Å². The van der Waals surface area contributed by atoms with Gasteiger partial charge in [-0.2, -0.15) is 0 Å². The molecule has 0 radical (unpaired) electrons. The zero-order valence-corrected chi connectivity index (χ0v) is 6.24. The fourth-order valence-electron chi connectivity index (χ4n) is 0.153. The molecule has 0 aromatic rings. The predicted molar refractivity (Wildman–Crippen MR) is 32.8 cm³/mol. The van der Waals surface area contributed by atoms with Gasteiger partial charge in [0.15, 0.2) is 11.1 Å². The maximum Gasteiger partial charge on any atom is 0.163 e. The molecule has 0 saturated carbocycles. The van der Waals surface area contributed by atoms with Gasteiger partial charge in [-0.1, -0.05) is 23.2 Å². The quantitative estimate of drug-likeness (QED) is 0.356. The highest BCUT2D eigenvalue weighted by Crippen LogP contribution is 2.02. The van der Waals surface area contributed by atoms with Gasteiger partial charge in [0.05, 0.1) is 0 Å². The molecule has 2 unspecified atom stereocenters. The van der Waals surface area contributed by atoms with Crippen molar-refractivity contribution in [3.63, 3.8) is 0 Å². The van der Waals surface area contributed by atoms with E-state index < -0.39 is 11.1 Å². The average Bonchev–Trinajstić information content (AvgIpc) is 1.61. The first-order chi connectivity index (χ1) is 3.63. The Hall–Kier alpha value is 0.500. The Bertz CT molecular complexity index is 48.0. The van der Waals surface area contributed by atoms with E-state index in [4.69, 9.17) is 23.2 Å². The molecule has 0 bridgehead atoms. The molecule has 0 fully saturated rings. The topological polar surface area (TPSA) is 18.5 Å². The second kappa shape index (κ2) is 4.39. The second-order valence-electron chi connectivity index (χ2n) is 1.28. The highest BCUT2D eigenvalue weighted by Gasteiger charge is 1.99. The van der Waals surface area contributed by atoms with Crippen LogP contribution in [-0.2, 0) is 9.78 Å². The Morgan fingerprint density at radius 1 is 1.00 bits per heavy atom. The number of hydrogen-bond acceptors (Lipinski definition) is 2. The van der Waals surface area contributed by atoms with Crippen molar-refractivity contribution in [1.82, 2.24) is 0 Å². The Kier molecular flexibility index (Phi) is 4.66. The number of hydrogen-bond donors (Lipinski definition) is 0. The van der Waals surface area contributed by atoms with Crippen molar-refractivity contribution >= 4 is 23.2 Å². The van der Waals surface area contributed by atoms with Gasteiger partial charge in [0.1, 0.15) is 0 Å². The molecule has 0 heterocycles. The average molecular weight is 159 g/mol. The van der Waals surface area contributed by atoms with Crippen molar-refractivity contribution in [2.24, 2.45) is 0 Å². The van der Waals surface area contributed by atoms with Crippen molar-refractivity contribution in [2.45, 2.75) is 25.0 Å². The molecule has 0 aliphatic rings. The lowest BCUT2D eigenvalue weighted by Crippen LogP contribution is -2.05. The normalized spacial score (nSPS) is 18.0. The fraction of sp³-hybridized carbons (Fsp3) is 1.00. The first-order valence-electron chi connectivity index (χ1n) is 2.23. The van der Waals surface area contributed by atoms with Crippen molar-refractivity contribution < 1.29 is 9.78 Å².